The number of carbonyl (C=O) groups is 1. The Labute approximate surface area is 108 Å². The van der Waals surface area contributed by atoms with Crippen molar-refractivity contribution < 1.29 is 9.21 Å². The lowest BCUT2D eigenvalue weighted by Gasteiger charge is -2.17. The van der Waals surface area contributed by atoms with Gasteiger partial charge in [0.2, 0.25) is 0 Å². The Morgan fingerprint density at radius 1 is 0.833 bits per heavy atom. The summed E-state index contributed by atoms with van der Waals surface area (Å²) in [6, 6.07) is 3.58. The van der Waals surface area contributed by atoms with E-state index in [4.69, 9.17) is 4.42 Å². The summed E-state index contributed by atoms with van der Waals surface area (Å²) in [6.45, 7) is 10.6. The van der Waals surface area contributed by atoms with Crippen molar-refractivity contribution in [3.63, 3.8) is 0 Å². The van der Waals surface area contributed by atoms with Crippen LogP contribution in [0.15, 0.2) is 16.5 Å². The Morgan fingerprint density at radius 2 is 1.33 bits per heavy atom. The molecule has 0 aliphatic rings. The zero-order chi connectivity index (χ0) is 13.4. The Hall–Kier alpha value is -1.83. The number of rotatable bonds is 2. The first kappa shape index (κ1) is 12.6. The van der Waals surface area contributed by atoms with Crippen LogP contribution in [-0.4, -0.2) is 6.29 Å². The Morgan fingerprint density at radius 3 is 1.78 bits per heavy atom. The quantitative estimate of drug-likeness (QED) is 0.735. The molecule has 2 rings (SSSR count). The van der Waals surface area contributed by atoms with Crippen LogP contribution in [0.25, 0.3) is 11.3 Å². The molecule has 0 radical (unpaired) electrons. The van der Waals surface area contributed by atoms with Crippen molar-refractivity contribution in [3.8, 4) is 11.3 Å². The molecule has 0 spiro atoms. The lowest BCUT2D eigenvalue weighted by atomic mass is 9.88. The predicted molar refractivity (Wildman–Crippen MR) is 73.2 cm³/mol. The summed E-state index contributed by atoms with van der Waals surface area (Å²) < 4.78 is 5.56. The molecule has 1 heterocycles. The van der Waals surface area contributed by atoms with Crippen LogP contribution in [-0.2, 0) is 0 Å². The van der Waals surface area contributed by atoms with Crippen molar-refractivity contribution in [2.75, 3.05) is 0 Å². The summed E-state index contributed by atoms with van der Waals surface area (Å²) in [5, 5.41) is 0. The van der Waals surface area contributed by atoms with Gasteiger partial charge in [-0.1, -0.05) is 0 Å². The smallest absolute Gasteiger partial charge is 0.185 e. The van der Waals surface area contributed by atoms with Crippen molar-refractivity contribution in [1.82, 2.24) is 0 Å². The molecule has 0 fully saturated rings. The maximum Gasteiger partial charge on any atom is 0.185 e. The zero-order valence-corrected chi connectivity index (χ0v) is 11.5. The molecule has 18 heavy (non-hydrogen) atoms. The normalized spacial score (nSPS) is 10.7. The van der Waals surface area contributed by atoms with Crippen molar-refractivity contribution in [2.24, 2.45) is 0 Å². The highest BCUT2D eigenvalue weighted by molar-refractivity contribution is 5.76. The summed E-state index contributed by atoms with van der Waals surface area (Å²) in [5.41, 5.74) is 7.47. The van der Waals surface area contributed by atoms with E-state index in [2.05, 4.69) is 34.6 Å². The molecule has 0 aliphatic carbocycles. The van der Waals surface area contributed by atoms with E-state index in [0.717, 1.165) is 17.6 Å². The minimum atomic E-state index is 0.375. The fourth-order valence-corrected chi connectivity index (χ4v) is 2.42. The standard InChI is InChI=1S/C16H18O2/c1-9-10(2)12(4)16(13(5)11(9)3)15-7-6-14(8-17)18-15/h6-8H,1-5H3. The zero-order valence-electron chi connectivity index (χ0n) is 11.5. The van der Waals surface area contributed by atoms with Crippen LogP contribution in [0.1, 0.15) is 38.4 Å². The van der Waals surface area contributed by atoms with Gasteiger partial charge in [0.15, 0.2) is 12.0 Å². The molecular weight excluding hydrogens is 224 g/mol. The summed E-state index contributed by atoms with van der Waals surface area (Å²) in [6.07, 6.45) is 0.738. The van der Waals surface area contributed by atoms with E-state index in [-0.39, 0.29) is 0 Å². The molecule has 0 saturated heterocycles. The monoisotopic (exact) mass is 242 g/mol. The first-order valence-electron chi connectivity index (χ1n) is 6.09. The van der Waals surface area contributed by atoms with Gasteiger partial charge in [-0.3, -0.25) is 4.79 Å². The van der Waals surface area contributed by atoms with Gasteiger partial charge < -0.3 is 4.42 Å². The molecule has 0 amide bonds. The third-order valence-electron chi connectivity index (χ3n) is 3.99. The minimum absolute atomic E-state index is 0.375. The number of hydrogen-bond acceptors (Lipinski definition) is 2. The molecule has 0 unspecified atom stereocenters. The number of hydrogen-bond donors (Lipinski definition) is 0. The third-order valence-corrected chi connectivity index (χ3v) is 3.99. The Bertz CT molecular complexity index is 589. The van der Waals surface area contributed by atoms with Crippen LogP contribution in [0.5, 0.6) is 0 Å². The van der Waals surface area contributed by atoms with Crippen molar-refractivity contribution >= 4 is 6.29 Å². The molecule has 2 heteroatoms. The van der Waals surface area contributed by atoms with Gasteiger partial charge in [-0.2, -0.15) is 0 Å². The molecule has 1 aromatic carbocycles. The van der Waals surface area contributed by atoms with Crippen molar-refractivity contribution in [1.29, 1.82) is 0 Å². The van der Waals surface area contributed by atoms with E-state index >= 15 is 0 Å². The second-order valence-corrected chi connectivity index (χ2v) is 4.82. The second kappa shape index (κ2) is 4.45. The number of furan rings is 1. The molecule has 2 nitrogen and oxygen atoms in total. The van der Waals surface area contributed by atoms with Gasteiger partial charge in [0.1, 0.15) is 5.76 Å². The van der Waals surface area contributed by atoms with Crippen molar-refractivity contribution in [2.45, 2.75) is 34.6 Å². The molecule has 0 aliphatic heterocycles. The largest absolute Gasteiger partial charge is 0.453 e. The van der Waals surface area contributed by atoms with Gasteiger partial charge >= 0.3 is 0 Å². The fraction of sp³-hybridized carbons (Fsp3) is 0.312. The molecular formula is C16H18O2. The van der Waals surface area contributed by atoms with E-state index in [1.54, 1.807) is 6.07 Å². The maximum absolute atomic E-state index is 10.7. The highest BCUT2D eigenvalue weighted by Gasteiger charge is 2.16. The second-order valence-electron chi connectivity index (χ2n) is 4.82. The third kappa shape index (κ3) is 1.78. The lowest BCUT2D eigenvalue weighted by molar-refractivity contribution is 0.110. The van der Waals surface area contributed by atoms with Crippen LogP contribution in [0.4, 0.5) is 0 Å². The van der Waals surface area contributed by atoms with Crippen LogP contribution in [0.3, 0.4) is 0 Å². The Kier molecular flexibility index (Phi) is 3.12. The van der Waals surface area contributed by atoms with Crippen LogP contribution >= 0.6 is 0 Å². The minimum Gasteiger partial charge on any atom is -0.453 e. The van der Waals surface area contributed by atoms with Crippen LogP contribution in [0.2, 0.25) is 0 Å². The number of benzene rings is 1. The van der Waals surface area contributed by atoms with Gasteiger partial charge in [0.05, 0.1) is 0 Å². The highest BCUT2D eigenvalue weighted by Crippen LogP contribution is 2.34. The van der Waals surface area contributed by atoms with E-state index in [0.29, 0.717) is 5.76 Å². The molecule has 0 saturated carbocycles. The molecule has 0 N–H and O–H groups in total. The van der Waals surface area contributed by atoms with Gasteiger partial charge in [0, 0.05) is 5.56 Å². The van der Waals surface area contributed by atoms with Gasteiger partial charge in [-0.05, 0) is 74.6 Å². The first-order valence-corrected chi connectivity index (χ1v) is 6.09. The first-order chi connectivity index (χ1) is 8.47. The molecule has 0 atom stereocenters. The van der Waals surface area contributed by atoms with Gasteiger partial charge in [-0.15, -0.1) is 0 Å². The predicted octanol–water partition coefficient (Wildman–Crippen LogP) is 4.30. The Balaban J connectivity index is 2.75. The van der Waals surface area contributed by atoms with E-state index in [1.807, 2.05) is 6.07 Å². The fourth-order valence-electron chi connectivity index (χ4n) is 2.42. The summed E-state index contributed by atoms with van der Waals surface area (Å²) in [7, 11) is 0. The van der Waals surface area contributed by atoms with Crippen LogP contribution < -0.4 is 0 Å². The summed E-state index contributed by atoms with van der Waals surface area (Å²) >= 11 is 0. The highest BCUT2D eigenvalue weighted by atomic mass is 16.3. The van der Waals surface area contributed by atoms with E-state index in [9.17, 15) is 4.79 Å². The van der Waals surface area contributed by atoms with Crippen LogP contribution in [0, 0.1) is 34.6 Å². The number of aldehydes is 1. The summed E-state index contributed by atoms with van der Waals surface area (Å²) in [4.78, 5) is 10.7. The lowest BCUT2D eigenvalue weighted by Crippen LogP contribution is -1.98. The molecule has 1 aromatic heterocycles. The SMILES string of the molecule is Cc1c(C)c(C)c(-c2ccc(C=O)o2)c(C)c1C. The van der Waals surface area contributed by atoms with E-state index in [1.165, 1.54) is 27.8 Å². The molecule has 2 aromatic rings. The van der Waals surface area contributed by atoms with Gasteiger partial charge in [-0.25, -0.2) is 0 Å². The van der Waals surface area contributed by atoms with Crippen molar-refractivity contribution in [3.05, 3.63) is 45.7 Å². The van der Waals surface area contributed by atoms with Gasteiger partial charge in [0.25, 0.3) is 0 Å². The molecule has 0 bridgehead atoms. The average Bonchev–Trinajstić information content (AvgIpc) is 2.83. The number of carbonyl (C=O) groups excluding carboxylic acids is 1. The van der Waals surface area contributed by atoms with E-state index < -0.39 is 0 Å². The molecule has 94 valence electrons. The topological polar surface area (TPSA) is 30.2 Å². The average molecular weight is 242 g/mol. The maximum atomic E-state index is 10.7. The summed E-state index contributed by atoms with van der Waals surface area (Å²) in [5.74, 6) is 1.15.